The molecule has 1 aliphatic carbocycles. The summed E-state index contributed by atoms with van der Waals surface area (Å²) in [6.45, 7) is 11.6. The van der Waals surface area contributed by atoms with Crippen molar-refractivity contribution in [1.82, 2.24) is 15.3 Å². The van der Waals surface area contributed by atoms with Crippen molar-refractivity contribution in [3.63, 3.8) is 0 Å². The lowest BCUT2D eigenvalue weighted by Gasteiger charge is -2.23. The predicted octanol–water partition coefficient (Wildman–Crippen LogP) is 3.38. The Morgan fingerprint density at radius 3 is 2.45 bits per heavy atom. The van der Waals surface area contributed by atoms with Crippen LogP contribution in [0.1, 0.15) is 68.9 Å². The summed E-state index contributed by atoms with van der Waals surface area (Å²) in [5, 5.41) is 13.7. The average molecular weight is 448 g/mol. The Morgan fingerprint density at radius 1 is 1.26 bits per heavy atom. The first kappa shape index (κ1) is 25.0. The Balaban J connectivity index is 0.000000221. The van der Waals surface area contributed by atoms with Crippen molar-refractivity contribution in [2.45, 2.75) is 52.1 Å². The van der Waals surface area contributed by atoms with E-state index in [0.717, 1.165) is 48.7 Å². The second kappa shape index (κ2) is 12.0. The molecule has 0 fully saturated rings. The molecule has 2 aromatic rings. The molecule has 0 bridgehead atoms. The Hall–Kier alpha value is -2.22. The molecular formula is C23H34ClN5O2. The van der Waals surface area contributed by atoms with E-state index < -0.39 is 6.10 Å². The topological polar surface area (TPSA) is 104 Å². The van der Waals surface area contributed by atoms with Crippen LogP contribution in [0.3, 0.4) is 0 Å². The van der Waals surface area contributed by atoms with Crippen LogP contribution in [-0.4, -0.2) is 47.2 Å². The molecule has 8 heteroatoms. The van der Waals surface area contributed by atoms with Crippen LogP contribution in [-0.2, 0) is 4.79 Å². The Labute approximate surface area is 190 Å². The smallest absolute Gasteiger partial charge is 0.226 e. The zero-order valence-corrected chi connectivity index (χ0v) is 19.6. The third-order valence-electron chi connectivity index (χ3n) is 5.56. The number of anilines is 1. The van der Waals surface area contributed by atoms with Gasteiger partial charge in [0.15, 0.2) is 0 Å². The monoisotopic (exact) mass is 447 g/mol. The van der Waals surface area contributed by atoms with Crippen molar-refractivity contribution in [3.05, 3.63) is 52.4 Å². The number of aliphatic hydroxyl groups is 1. The molecular weight excluding hydrogens is 414 g/mol. The Bertz CT molecular complexity index is 842. The number of halogens is 1. The van der Waals surface area contributed by atoms with Crippen LogP contribution in [0.4, 0.5) is 5.82 Å². The second-order valence-electron chi connectivity index (χ2n) is 7.64. The summed E-state index contributed by atoms with van der Waals surface area (Å²) in [7, 11) is 0. The van der Waals surface area contributed by atoms with Gasteiger partial charge in [0.25, 0.3) is 0 Å². The molecule has 0 aliphatic heterocycles. The third kappa shape index (κ3) is 6.38. The number of likely N-dealkylation sites (N-methyl/N-ethyl adjacent to an activating group) is 1. The first-order chi connectivity index (χ1) is 14.8. The summed E-state index contributed by atoms with van der Waals surface area (Å²) in [4.78, 5) is 22.1. The lowest BCUT2D eigenvalue weighted by atomic mass is 9.98. The van der Waals surface area contributed by atoms with Gasteiger partial charge in [-0.15, -0.1) is 0 Å². The summed E-state index contributed by atoms with van der Waals surface area (Å²) in [5.41, 5.74) is 8.19. The van der Waals surface area contributed by atoms with Crippen LogP contribution in [0, 0.1) is 0 Å². The number of rotatable bonds is 8. The lowest BCUT2D eigenvalue weighted by molar-refractivity contribution is -0.119. The molecule has 1 amide bonds. The van der Waals surface area contributed by atoms with Gasteiger partial charge >= 0.3 is 0 Å². The van der Waals surface area contributed by atoms with Crippen LogP contribution in [0.5, 0.6) is 0 Å². The lowest BCUT2D eigenvalue weighted by Crippen LogP contribution is -2.31. The minimum absolute atomic E-state index is 0.290. The fourth-order valence-corrected chi connectivity index (χ4v) is 3.97. The Kier molecular flexibility index (Phi) is 9.68. The predicted molar refractivity (Wildman–Crippen MR) is 126 cm³/mol. The van der Waals surface area contributed by atoms with Gasteiger partial charge in [0.2, 0.25) is 5.91 Å². The van der Waals surface area contributed by atoms with E-state index in [-0.39, 0.29) is 11.8 Å². The number of carbonyl (C=O) groups excluding carboxylic acids is 1. The molecule has 1 aromatic carbocycles. The highest BCUT2D eigenvalue weighted by Crippen LogP contribution is 2.42. The number of hydrogen-bond donors (Lipinski definition) is 3. The number of primary amides is 1. The zero-order chi connectivity index (χ0) is 23.0. The van der Waals surface area contributed by atoms with Crippen LogP contribution >= 0.6 is 11.6 Å². The number of carbonyl (C=O) groups is 1. The molecule has 0 radical (unpaired) electrons. The first-order valence-corrected chi connectivity index (χ1v) is 11.2. The number of nitrogens with zero attached hydrogens (tertiary/aromatic N) is 3. The highest BCUT2D eigenvalue weighted by Gasteiger charge is 2.32. The molecule has 170 valence electrons. The van der Waals surface area contributed by atoms with E-state index in [9.17, 15) is 9.90 Å². The number of hydrogen-bond acceptors (Lipinski definition) is 6. The van der Waals surface area contributed by atoms with E-state index in [2.05, 4.69) is 41.0 Å². The van der Waals surface area contributed by atoms with Crippen molar-refractivity contribution in [2.24, 2.45) is 5.73 Å². The molecule has 4 N–H and O–H groups in total. The normalized spacial score (nSPS) is 18.0. The summed E-state index contributed by atoms with van der Waals surface area (Å²) in [6.07, 6.45) is 1.91. The summed E-state index contributed by atoms with van der Waals surface area (Å²) in [6, 6.07) is 7.18. The molecule has 3 rings (SSSR count). The molecule has 3 atom stereocenters. The van der Waals surface area contributed by atoms with Gasteiger partial charge in [0, 0.05) is 30.2 Å². The van der Waals surface area contributed by atoms with E-state index in [1.54, 1.807) is 18.5 Å². The summed E-state index contributed by atoms with van der Waals surface area (Å²) in [5.74, 6) is 0.737. The van der Waals surface area contributed by atoms with E-state index in [0.29, 0.717) is 17.5 Å². The number of nitrogens with one attached hydrogen (secondary N) is 1. The number of aromatic nitrogens is 2. The maximum atomic E-state index is 11.2. The van der Waals surface area contributed by atoms with Crippen LogP contribution in [0.2, 0.25) is 5.02 Å². The van der Waals surface area contributed by atoms with E-state index in [1.807, 2.05) is 19.1 Å². The molecule has 1 unspecified atom stereocenters. The SMILES string of the molecule is CCN(CC)c1ncnc2c1[C@H](C)C[C@H]2O.CCNCC(C(N)=O)c1ccc(Cl)cc1. The molecule has 0 spiro atoms. The van der Waals surface area contributed by atoms with Gasteiger partial charge < -0.3 is 21.1 Å². The van der Waals surface area contributed by atoms with Gasteiger partial charge in [-0.05, 0) is 50.4 Å². The van der Waals surface area contributed by atoms with E-state index in [4.69, 9.17) is 17.3 Å². The standard InChI is InChI=1S/C12H19N3O.C11H15ClN2O/c1-4-15(5-2)12-10-8(3)6-9(16)11(10)13-7-14-12;1-2-14-7-10(11(13)15)8-3-5-9(12)6-4-8/h7-9,16H,4-6H2,1-3H3;3-6,10,14H,2,7H2,1H3,(H2,13,15)/t8-,9-;/m1./s1. The molecule has 1 heterocycles. The number of fused-ring (bicyclic) bond motifs is 1. The largest absolute Gasteiger partial charge is 0.387 e. The number of nitrogens with two attached hydrogens (primary N) is 1. The summed E-state index contributed by atoms with van der Waals surface area (Å²) >= 11 is 5.77. The zero-order valence-electron chi connectivity index (χ0n) is 18.8. The molecule has 1 aliphatic rings. The van der Waals surface area contributed by atoms with Crippen molar-refractivity contribution >= 4 is 23.3 Å². The number of amides is 1. The molecule has 7 nitrogen and oxygen atoms in total. The highest BCUT2D eigenvalue weighted by molar-refractivity contribution is 6.30. The minimum Gasteiger partial charge on any atom is -0.387 e. The first-order valence-electron chi connectivity index (χ1n) is 10.9. The maximum absolute atomic E-state index is 11.2. The van der Waals surface area contributed by atoms with Gasteiger partial charge in [0.1, 0.15) is 12.1 Å². The van der Waals surface area contributed by atoms with Crippen molar-refractivity contribution in [2.75, 3.05) is 31.1 Å². The average Bonchev–Trinajstić information content (AvgIpc) is 3.05. The minimum atomic E-state index is -0.415. The van der Waals surface area contributed by atoms with Crippen molar-refractivity contribution in [1.29, 1.82) is 0 Å². The van der Waals surface area contributed by atoms with Gasteiger partial charge in [-0.2, -0.15) is 0 Å². The number of aliphatic hydroxyl groups excluding tert-OH is 1. The van der Waals surface area contributed by atoms with Gasteiger partial charge in [0.05, 0.1) is 17.7 Å². The molecule has 0 saturated carbocycles. The molecule has 31 heavy (non-hydrogen) atoms. The van der Waals surface area contributed by atoms with E-state index in [1.165, 1.54) is 0 Å². The molecule has 0 saturated heterocycles. The number of benzene rings is 1. The van der Waals surface area contributed by atoms with Crippen LogP contribution in [0.25, 0.3) is 0 Å². The molecule has 1 aromatic heterocycles. The van der Waals surface area contributed by atoms with Crippen molar-refractivity contribution < 1.29 is 9.90 Å². The van der Waals surface area contributed by atoms with Gasteiger partial charge in [-0.1, -0.05) is 37.6 Å². The quantitative estimate of drug-likeness (QED) is 0.573. The second-order valence-corrected chi connectivity index (χ2v) is 8.07. The fourth-order valence-electron chi connectivity index (χ4n) is 3.84. The van der Waals surface area contributed by atoms with Gasteiger partial charge in [-0.3, -0.25) is 4.79 Å². The maximum Gasteiger partial charge on any atom is 0.226 e. The summed E-state index contributed by atoms with van der Waals surface area (Å²) < 4.78 is 0. The Morgan fingerprint density at radius 2 is 1.90 bits per heavy atom. The van der Waals surface area contributed by atoms with Gasteiger partial charge in [-0.25, -0.2) is 9.97 Å². The third-order valence-corrected chi connectivity index (χ3v) is 5.81. The fraction of sp³-hybridized carbons (Fsp3) is 0.522. The van der Waals surface area contributed by atoms with Crippen LogP contribution < -0.4 is 16.0 Å². The highest BCUT2D eigenvalue weighted by atomic mass is 35.5. The van der Waals surface area contributed by atoms with Crippen molar-refractivity contribution in [3.8, 4) is 0 Å². The van der Waals surface area contributed by atoms with Crippen LogP contribution in [0.15, 0.2) is 30.6 Å². The van der Waals surface area contributed by atoms with E-state index >= 15 is 0 Å².